The highest BCUT2D eigenvalue weighted by Gasteiger charge is 2.21. The van der Waals surface area contributed by atoms with Crippen LogP contribution in [0.5, 0.6) is 0 Å². The molecule has 0 radical (unpaired) electrons. The molecule has 6 heteroatoms. The van der Waals surface area contributed by atoms with Gasteiger partial charge in [0, 0.05) is 13.8 Å². The fraction of sp³-hybridized carbons (Fsp3) is 0.500. The fourth-order valence-corrected chi connectivity index (χ4v) is 0.603. The Balaban J connectivity index is 4.10. The first-order chi connectivity index (χ1) is 6.47. The Labute approximate surface area is 80.2 Å². The highest BCUT2D eigenvalue weighted by atomic mass is 16.6. The van der Waals surface area contributed by atoms with Crippen LogP contribution < -0.4 is 0 Å². The molecule has 0 aromatic rings. The molecule has 0 heterocycles. The number of hydrogen-bond acceptors (Lipinski definition) is 6. The fourth-order valence-electron chi connectivity index (χ4n) is 0.603. The monoisotopic (exact) mass is 202 g/mol. The summed E-state index contributed by atoms with van der Waals surface area (Å²) in [6.45, 7) is 1.61. The summed E-state index contributed by atoms with van der Waals surface area (Å²) in [6.07, 6.45) is -1.32. The molecule has 1 unspecified atom stereocenters. The number of rotatable bonds is 5. The average molecular weight is 202 g/mol. The second kappa shape index (κ2) is 5.85. The van der Waals surface area contributed by atoms with Crippen LogP contribution in [0, 0.1) is 0 Å². The van der Waals surface area contributed by atoms with Crippen LogP contribution in [-0.2, 0) is 28.7 Å². The van der Waals surface area contributed by atoms with E-state index in [0.29, 0.717) is 0 Å². The zero-order chi connectivity index (χ0) is 11.1. The Kier molecular flexibility index (Phi) is 5.13. The van der Waals surface area contributed by atoms with E-state index in [0.717, 1.165) is 13.8 Å². The molecule has 0 aromatic carbocycles. The van der Waals surface area contributed by atoms with Crippen molar-refractivity contribution in [3.05, 3.63) is 0 Å². The predicted octanol–water partition coefficient (Wildman–Crippen LogP) is -0.751. The number of ether oxygens (including phenoxy) is 2. The summed E-state index contributed by atoms with van der Waals surface area (Å²) in [4.78, 5) is 42.0. The molecule has 1 atom stereocenters. The van der Waals surface area contributed by atoms with Crippen LogP contribution in [0.3, 0.4) is 0 Å². The number of esters is 2. The van der Waals surface area contributed by atoms with Crippen LogP contribution in [0.25, 0.3) is 0 Å². The van der Waals surface area contributed by atoms with Gasteiger partial charge in [0.2, 0.25) is 11.9 Å². The van der Waals surface area contributed by atoms with E-state index in [4.69, 9.17) is 0 Å². The first kappa shape index (κ1) is 12.3. The molecule has 6 nitrogen and oxygen atoms in total. The molecule has 0 amide bonds. The second-order valence-electron chi connectivity index (χ2n) is 2.41. The van der Waals surface area contributed by atoms with E-state index in [9.17, 15) is 19.2 Å². The number of aldehydes is 1. The maximum absolute atomic E-state index is 11.0. The summed E-state index contributed by atoms with van der Waals surface area (Å²) in [5, 5.41) is 0. The lowest BCUT2D eigenvalue weighted by atomic mass is 10.2. The summed E-state index contributed by atoms with van der Waals surface area (Å²) < 4.78 is 8.68. The molecule has 0 aliphatic heterocycles. The first-order valence-electron chi connectivity index (χ1n) is 3.76. The Morgan fingerprint density at radius 1 is 1.21 bits per heavy atom. The van der Waals surface area contributed by atoms with Crippen molar-refractivity contribution in [2.45, 2.75) is 20.0 Å². The van der Waals surface area contributed by atoms with Gasteiger partial charge in [-0.15, -0.1) is 0 Å². The van der Waals surface area contributed by atoms with Gasteiger partial charge >= 0.3 is 11.9 Å². The molecule has 0 bridgehead atoms. The van der Waals surface area contributed by atoms with Gasteiger partial charge in [-0.1, -0.05) is 0 Å². The molecule has 0 aliphatic rings. The molecule has 0 saturated heterocycles. The lowest BCUT2D eigenvalue weighted by Crippen LogP contribution is -2.31. The van der Waals surface area contributed by atoms with Crippen LogP contribution in [0.15, 0.2) is 0 Å². The van der Waals surface area contributed by atoms with E-state index < -0.39 is 30.4 Å². The second-order valence-corrected chi connectivity index (χ2v) is 2.41. The zero-order valence-corrected chi connectivity index (χ0v) is 7.81. The lowest BCUT2D eigenvalue weighted by molar-refractivity contribution is -0.158. The van der Waals surface area contributed by atoms with Gasteiger partial charge in [-0.25, -0.2) is 0 Å². The van der Waals surface area contributed by atoms with Gasteiger partial charge in [-0.3, -0.25) is 19.2 Å². The van der Waals surface area contributed by atoms with Crippen LogP contribution in [0.4, 0.5) is 0 Å². The number of Topliss-reactive ketones (excluding diaryl/α,β-unsaturated/α-hetero) is 1. The first-order valence-corrected chi connectivity index (χ1v) is 3.76. The highest BCUT2D eigenvalue weighted by Crippen LogP contribution is 1.93. The molecule has 0 aromatic heterocycles. The molecule has 0 saturated carbocycles. The van der Waals surface area contributed by atoms with Gasteiger partial charge in [-0.2, -0.15) is 0 Å². The summed E-state index contributed by atoms with van der Waals surface area (Å²) >= 11 is 0. The minimum Gasteiger partial charge on any atom is -0.458 e. The standard InChI is InChI=1S/C8H10O6/c1-5(10)13-4-7(12)8(3-9)14-6(2)11/h3,8H,4H2,1-2H3. The van der Waals surface area contributed by atoms with E-state index in [1.54, 1.807) is 0 Å². The maximum Gasteiger partial charge on any atom is 0.303 e. The van der Waals surface area contributed by atoms with Crippen molar-refractivity contribution in [1.82, 2.24) is 0 Å². The van der Waals surface area contributed by atoms with Crippen LogP contribution in [0.2, 0.25) is 0 Å². The van der Waals surface area contributed by atoms with Gasteiger partial charge in [0.25, 0.3) is 0 Å². The van der Waals surface area contributed by atoms with E-state index >= 15 is 0 Å². The van der Waals surface area contributed by atoms with E-state index in [2.05, 4.69) is 9.47 Å². The van der Waals surface area contributed by atoms with Crippen LogP contribution in [0.1, 0.15) is 13.8 Å². The molecular formula is C8H10O6. The normalized spacial score (nSPS) is 11.3. The summed E-state index contributed by atoms with van der Waals surface area (Å²) in [6, 6.07) is 0. The topological polar surface area (TPSA) is 86.7 Å². The number of carbonyl (C=O) groups is 4. The Hall–Kier alpha value is -1.72. The van der Waals surface area contributed by atoms with E-state index in [1.165, 1.54) is 0 Å². The largest absolute Gasteiger partial charge is 0.458 e. The van der Waals surface area contributed by atoms with Crippen molar-refractivity contribution in [3.63, 3.8) is 0 Å². The quantitative estimate of drug-likeness (QED) is 0.331. The Bertz CT molecular complexity index is 257. The number of ketones is 1. The van der Waals surface area contributed by atoms with Crippen molar-refractivity contribution in [2.75, 3.05) is 6.61 Å². The molecule has 14 heavy (non-hydrogen) atoms. The van der Waals surface area contributed by atoms with Crippen LogP contribution in [-0.4, -0.2) is 36.7 Å². The molecule has 0 rings (SSSR count). The molecule has 78 valence electrons. The molecule has 0 spiro atoms. The smallest absolute Gasteiger partial charge is 0.303 e. The SMILES string of the molecule is CC(=O)OCC(=O)C(C=O)OC(C)=O. The van der Waals surface area contributed by atoms with Gasteiger partial charge in [0.05, 0.1) is 0 Å². The number of carbonyl (C=O) groups excluding carboxylic acids is 4. The van der Waals surface area contributed by atoms with Gasteiger partial charge in [-0.05, 0) is 0 Å². The third-order valence-corrected chi connectivity index (χ3v) is 1.15. The lowest BCUT2D eigenvalue weighted by Gasteiger charge is -2.08. The molecule has 0 fully saturated rings. The average Bonchev–Trinajstić information content (AvgIpc) is 2.09. The van der Waals surface area contributed by atoms with Crippen molar-refractivity contribution in [2.24, 2.45) is 0 Å². The summed E-state index contributed by atoms with van der Waals surface area (Å²) in [5.41, 5.74) is 0. The molecule has 0 N–H and O–H groups in total. The minimum absolute atomic E-state index is 0.174. The third-order valence-electron chi connectivity index (χ3n) is 1.15. The number of hydrogen-bond donors (Lipinski definition) is 0. The van der Waals surface area contributed by atoms with Gasteiger partial charge < -0.3 is 9.47 Å². The predicted molar refractivity (Wildman–Crippen MR) is 43.3 cm³/mol. The van der Waals surface area contributed by atoms with Crippen molar-refractivity contribution in [3.8, 4) is 0 Å². The third kappa shape index (κ3) is 5.02. The van der Waals surface area contributed by atoms with Crippen molar-refractivity contribution < 1.29 is 28.7 Å². The zero-order valence-electron chi connectivity index (χ0n) is 7.81. The molecule has 0 aliphatic carbocycles. The van der Waals surface area contributed by atoms with Crippen molar-refractivity contribution >= 4 is 24.0 Å². The summed E-state index contributed by atoms with van der Waals surface area (Å²) in [7, 11) is 0. The highest BCUT2D eigenvalue weighted by molar-refractivity contribution is 5.99. The summed E-state index contributed by atoms with van der Waals surface area (Å²) in [5.74, 6) is -2.17. The van der Waals surface area contributed by atoms with Crippen LogP contribution >= 0.6 is 0 Å². The Morgan fingerprint density at radius 3 is 2.14 bits per heavy atom. The van der Waals surface area contributed by atoms with E-state index in [-0.39, 0.29) is 6.29 Å². The van der Waals surface area contributed by atoms with E-state index in [1.807, 2.05) is 0 Å². The maximum atomic E-state index is 11.0. The van der Waals surface area contributed by atoms with Gasteiger partial charge in [0.15, 0.2) is 12.9 Å². The Morgan fingerprint density at radius 2 is 1.79 bits per heavy atom. The molecular weight excluding hydrogens is 192 g/mol. The van der Waals surface area contributed by atoms with Crippen molar-refractivity contribution in [1.29, 1.82) is 0 Å². The van der Waals surface area contributed by atoms with Gasteiger partial charge in [0.1, 0.15) is 0 Å². The minimum atomic E-state index is -1.49.